The smallest absolute Gasteiger partial charge is 0.00209 e. The second-order valence-electron chi connectivity index (χ2n) is 5.48. The Kier molecular flexibility index (Phi) is 2.68. The molecule has 2 rings (SSSR count). The molecule has 0 N–H and O–H groups in total. The van der Waals surface area contributed by atoms with E-state index in [2.05, 4.69) is 57.2 Å². The summed E-state index contributed by atoms with van der Waals surface area (Å²) < 4.78 is 0. The predicted octanol–water partition coefficient (Wildman–Crippen LogP) is 4.42. The summed E-state index contributed by atoms with van der Waals surface area (Å²) in [4.78, 5) is 0. The molecule has 80 valence electrons. The highest BCUT2D eigenvalue weighted by molar-refractivity contribution is 5.32. The molecule has 0 radical (unpaired) electrons. The van der Waals surface area contributed by atoms with Gasteiger partial charge in [0.15, 0.2) is 0 Å². The first-order valence-electron chi connectivity index (χ1n) is 5.84. The minimum atomic E-state index is 0.268. The van der Waals surface area contributed by atoms with Crippen molar-refractivity contribution in [1.82, 2.24) is 0 Å². The van der Waals surface area contributed by atoms with Crippen LogP contribution in [0.2, 0.25) is 0 Å². The summed E-state index contributed by atoms with van der Waals surface area (Å²) in [5.74, 6) is 0.666. The maximum absolute atomic E-state index is 2.34. The van der Waals surface area contributed by atoms with Gasteiger partial charge in [0.05, 0.1) is 0 Å². The number of hydrogen-bond acceptors (Lipinski definition) is 0. The SMILES string of the molecule is CC(C)(C)c1ccc([C@@H]2C=CCC2)cc1. The summed E-state index contributed by atoms with van der Waals surface area (Å²) in [6, 6.07) is 9.14. The van der Waals surface area contributed by atoms with Crippen LogP contribution in [0.3, 0.4) is 0 Å². The Morgan fingerprint density at radius 3 is 2.20 bits per heavy atom. The summed E-state index contributed by atoms with van der Waals surface area (Å²) in [7, 11) is 0. The average molecular weight is 200 g/mol. The van der Waals surface area contributed by atoms with E-state index in [4.69, 9.17) is 0 Å². The average Bonchev–Trinajstić information content (AvgIpc) is 2.69. The summed E-state index contributed by atoms with van der Waals surface area (Å²) in [5.41, 5.74) is 3.16. The summed E-state index contributed by atoms with van der Waals surface area (Å²) >= 11 is 0. The molecule has 0 saturated heterocycles. The molecule has 0 unspecified atom stereocenters. The molecule has 0 heteroatoms. The Balaban J connectivity index is 2.20. The van der Waals surface area contributed by atoms with Crippen molar-refractivity contribution in [2.45, 2.75) is 44.9 Å². The number of rotatable bonds is 1. The molecule has 1 aromatic carbocycles. The molecule has 0 spiro atoms. The molecule has 1 aromatic rings. The molecule has 0 fully saturated rings. The van der Waals surface area contributed by atoms with Crippen LogP contribution < -0.4 is 0 Å². The largest absolute Gasteiger partial charge is 0.0879 e. The molecule has 0 aliphatic heterocycles. The molecule has 0 heterocycles. The quantitative estimate of drug-likeness (QED) is 0.589. The molecular formula is C15H20. The molecule has 0 saturated carbocycles. The van der Waals surface area contributed by atoms with Crippen LogP contribution in [-0.2, 0) is 5.41 Å². The van der Waals surface area contributed by atoms with E-state index < -0.39 is 0 Å². The van der Waals surface area contributed by atoms with Gasteiger partial charge in [-0.15, -0.1) is 0 Å². The minimum Gasteiger partial charge on any atom is -0.0879 e. The van der Waals surface area contributed by atoms with Crippen LogP contribution in [0.25, 0.3) is 0 Å². The highest BCUT2D eigenvalue weighted by atomic mass is 14.2. The molecule has 0 nitrogen and oxygen atoms in total. The monoisotopic (exact) mass is 200 g/mol. The van der Waals surface area contributed by atoms with Crippen LogP contribution in [0.1, 0.15) is 50.7 Å². The molecule has 0 aromatic heterocycles. The van der Waals surface area contributed by atoms with Gasteiger partial charge in [-0.05, 0) is 29.4 Å². The van der Waals surface area contributed by atoms with Crippen LogP contribution in [0, 0.1) is 0 Å². The standard InChI is InChI=1S/C15H20/c1-15(2,3)14-10-8-13(9-11-14)12-6-4-5-7-12/h4,6,8-12H,5,7H2,1-3H3/t12-/m1/s1. The highest BCUT2D eigenvalue weighted by Crippen LogP contribution is 2.30. The lowest BCUT2D eigenvalue weighted by Gasteiger charge is -2.19. The molecule has 0 amide bonds. The number of hydrogen-bond donors (Lipinski definition) is 0. The fourth-order valence-corrected chi connectivity index (χ4v) is 2.14. The molecule has 15 heavy (non-hydrogen) atoms. The van der Waals surface area contributed by atoms with Gasteiger partial charge in [0.2, 0.25) is 0 Å². The third-order valence-electron chi connectivity index (χ3n) is 3.22. The van der Waals surface area contributed by atoms with Gasteiger partial charge in [-0.2, -0.15) is 0 Å². The van der Waals surface area contributed by atoms with E-state index in [-0.39, 0.29) is 5.41 Å². The number of benzene rings is 1. The third-order valence-corrected chi connectivity index (χ3v) is 3.22. The van der Waals surface area contributed by atoms with Crippen LogP contribution in [-0.4, -0.2) is 0 Å². The second-order valence-corrected chi connectivity index (χ2v) is 5.48. The van der Waals surface area contributed by atoms with Crippen LogP contribution in [0.5, 0.6) is 0 Å². The van der Waals surface area contributed by atoms with Gasteiger partial charge in [0.1, 0.15) is 0 Å². The van der Waals surface area contributed by atoms with Crippen molar-refractivity contribution in [3.63, 3.8) is 0 Å². The van der Waals surface area contributed by atoms with Gasteiger partial charge in [-0.1, -0.05) is 57.2 Å². The Morgan fingerprint density at radius 1 is 1.07 bits per heavy atom. The number of allylic oxidation sites excluding steroid dienone is 2. The van der Waals surface area contributed by atoms with Crippen molar-refractivity contribution in [2.24, 2.45) is 0 Å². The van der Waals surface area contributed by atoms with Crippen molar-refractivity contribution < 1.29 is 0 Å². The first kappa shape index (κ1) is 10.5. The van der Waals surface area contributed by atoms with Crippen molar-refractivity contribution in [2.75, 3.05) is 0 Å². The molecular weight excluding hydrogens is 180 g/mol. The van der Waals surface area contributed by atoms with Crippen LogP contribution >= 0.6 is 0 Å². The lowest BCUT2D eigenvalue weighted by molar-refractivity contribution is 0.589. The molecule has 1 aliphatic rings. The van der Waals surface area contributed by atoms with E-state index in [1.807, 2.05) is 0 Å². The maximum Gasteiger partial charge on any atom is 0.00209 e. The van der Waals surface area contributed by atoms with Gasteiger partial charge in [0.25, 0.3) is 0 Å². The van der Waals surface area contributed by atoms with Crippen LogP contribution in [0.4, 0.5) is 0 Å². The zero-order valence-corrected chi connectivity index (χ0v) is 9.96. The summed E-state index contributed by atoms with van der Waals surface area (Å²) in [6.07, 6.45) is 7.16. The van der Waals surface area contributed by atoms with E-state index in [1.54, 1.807) is 0 Å². The fourth-order valence-electron chi connectivity index (χ4n) is 2.14. The van der Waals surface area contributed by atoms with Crippen molar-refractivity contribution >= 4 is 0 Å². The first-order valence-corrected chi connectivity index (χ1v) is 5.84. The highest BCUT2D eigenvalue weighted by Gasteiger charge is 2.15. The summed E-state index contributed by atoms with van der Waals surface area (Å²) in [6.45, 7) is 6.78. The van der Waals surface area contributed by atoms with E-state index >= 15 is 0 Å². The molecule has 1 aliphatic carbocycles. The molecule has 1 atom stereocenters. The normalized spacial score (nSPS) is 20.9. The zero-order valence-electron chi connectivity index (χ0n) is 9.96. The van der Waals surface area contributed by atoms with Gasteiger partial charge < -0.3 is 0 Å². The second kappa shape index (κ2) is 3.84. The Bertz CT molecular complexity index is 349. The van der Waals surface area contributed by atoms with Crippen LogP contribution in [0.15, 0.2) is 36.4 Å². The fraction of sp³-hybridized carbons (Fsp3) is 0.467. The Morgan fingerprint density at radius 2 is 1.73 bits per heavy atom. The first-order chi connectivity index (χ1) is 7.07. The van der Waals surface area contributed by atoms with Crippen molar-refractivity contribution in [3.05, 3.63) is 47.5 Å². The summed E-state index contributed by atoms with van der Waals surface area (Å²) in [5, 5.41) is 0. The van der Waals surface area contributed by atoms with Crippen molar-refractivity contribution in [3.8, 4) is 0 Å². The van der Waals surface area contributed by atoms with Gasteiger partial charge in [-0.25, -0.2) is 0 Å². The zero-order chi connectivity index (χ0) is 10.9. The topological polar surface area (TPSA) is 0 Å². The van der Waals surface area contributed by atoms with Gasteiger partial charge in [-0.3, -0.25) is 0 Å². The Labute approximate surface area is 93.0 Å². The lowest BCUT2D eigenvalue weighted by Crippen LogP contribution is -2.10. The predicted molar refractivity (Wildman–Crippen MR) is 66.3 cm³/mol. The van der Waals surface area contributed by atoms with Gasteiger partial charge in [0, 0.05) is 5.92 Å². The van der Waals surface area contributed by atoms with E-state index in [9.17, 15) is 0 Å². The minimum absolute atomic E-state index is 0.268. The lowest BCUT2D eigenvalue weighted by atomic mass is 9.85. The molecule has 0 bridgehead atoms. The van der Waals surface area contributed by atoms with E-state index in [0.717, 1.165) is 0 Å². The van der Waals surface area contributed by atoms with Crippen molar-refractivity contribution in [1.29, 1.82) is 0 Å². The maximum atomic E-state index is 2.34. The Hall–Kier alpha value is -1.04. The van der Waals surface area contributed by atoms with Gasteiger partial charge >= 0.3 is 0 Å². The van der Waals surface area contributed by atoms with E-state index in [1.165, 1.54) is 24.0 Å². The third kappa shape index (κ3) is 2.31. The van der Waals surface area contributed by atoms with E-state index in [0.29, 0.717) is 5.92 Å².